The van der Waals surface area contributed by atoms with E-state index < -0.39 is 12.9 Å². The highest BCUT2D eigenvalue weighted by Crippen LogP contribution is 1.56. The Balaban J connectivity index is 3.74. The summed E-state index contributed by atoms with van der Waals surface area (Å²) in [4.78, 5) is 10.2. The number of hydrogen-bond acceptors (Lipinski definition) is 1. The quantitative estimate of drug-likeness (QED) is 0.446. The van der Waals surface area contributed by atoms with Crippen LogP contribution < -0.4 is 5.32 Å². The van der Waals surface area contributed by atoms with E-state index in [9.17, 15) is 4.79 Å². The number of carbonyl (C=O) groups is 1. The molecular formula is C4H7NO. The number of amides is 1. The van der Waals surface area contributed by atoms with Crippen molar-refractivity contribution in [2.24, 2.45) is 0 Å². The van der Waals surface area contributed by atoms with Crippen molar-refractivity contribution < 1.29 is 8.91 Å². The van der Waals surface area contributed by atoms with Crippen LogP contribution in [-0.2, 0) is 4.79 Å². The molecule has 0 rings (SSSR count). The fourth-order valence-electron chi connectivity index (χ4n) is 0.0510. The van der Waals surface area contributed by atoms with E-state index in [2.05, 4.69) is 6.58 Å². The molecule has 0 spiro atoms. The molecule has 0 aromatic heterocycles. The highest BCUT2D eigenvalue weighted by molar-refractivity contribution is 5.86. The van der Waals surface area contributed by atoms with E-state index in [4.69, 9.17) is 4.11 Å². The standard InChI is InChI=1S/C4H7NO/c1-3-4(6)5-2/h3H,1H2,2H3,(H,5,6)/i2D3. The van der Waals surface area contributed by atoms with Crippen molar-refractivity contribution >= 4 is 5.91 Å². The first-order chi connectivity index (χ1) is 3.95. The van der Waals surface area contributed by atoms with E-state index in [1.54, 1.807) is 5.32 Å². The Morgan fingerprint density at radius 2 is 3.00 bits per heavy atom. The van der Waals surface area contributed by atoms with Gasteiger partial charge in [-0.05, 0) is 6.08 Å². The molecular weight excluding hydrogens is 78.0 g/mol. The van der Waals surface area contributed by atoms with Crippen LogP contribution in [-0.4, -0.2) is 12.9 Å². The maximum atomic E-state index is 10.2. The van der Waals surface area contributed by atoms with Crippen molar-refractivity contribution in [3.63, 3.8) is 0 Å². The molecule has 0 aromatic carbocycles. The molecule has 0 aliphatic rings. The Morgan fingerprint density at radius 3 is 3.17 bits per heavy atom. The van der Waals surface area contributed by atoms with Gasteiger partial charge < -0.3 is 5.32 Å². The lowest BCUT2D eigenvalue weighted by Crippen LogP contribution is -2.13. The van der Waals surface area contributed by atoms with Crippen LogP contribution in [0, 0.1) is 0 Å². The van der Waals surface area contributed by atoms with E-state index >= 15 is 0 Å². The second-order valence-electron chi connectivity index (χ2n) is 0.693. The molecule has 0 fully saturated rings. The first-order valence-corrected chi connectivity index (χ1v) is 1.40. The molecule has 0 heterocycles. The molecule has 0 saturated heterocycles. The minimum absolute atomic E-state index is 0.685. The van der Waals surface area contributed by atoms with Gasteiger partial charge in [-0.3, -0.25) is 4.79 Å². The van der Waals surface area contributed by atoms with Crippen LogP contribution in [0.2, 0.25) is 0 Å². The summed E-state index contributed by atoms with van der Waals surface area (Å²) in [5.74, 6) is -0.685. The summed E-state index contributed by atoms with van der Waals surface area (Å²) >= 11 is 0. The first-order valence-electron chi connectivity index (χ1n) is 2.90. The predicted molar refractivity (Wildman–Crippen MR) is 24.3 cm³/mol. The summed E-state index contributed by atoms with van der Waals surface area (Å²) in [6.07, 6.45) is 0.909. The average Bonchev–Trinajstić information content (AvgIpc) is 1.62. The fraction of sp³-hybridized carbons (Fsp3) is 0.250. The zero-order valence-electron chi connectivity index (χ0n) is 6.19. The number of likely N-dealkylation sites (N-methyl/N-ethyl adjacent to an activating group) is 1. The fourth-order valence-corrected chi connectivity index (χ4v) is 0.0510. The van der Waals surface area contributed by atoms with Gasteiger partial charge in [-0.25, -0.2) is 0 Å². The molecule has 1 amide bonds. The summed E-state index contributed by atoms with van der Waals surface area (Å²) in [6, 6.07) is 0. The molecule has 2 heteroatoms. The number of nitrogens with one attached hydrogen (secondary N) is 1. The van der Waals surface area contributed by atoms with Crippen LogP contribution in [0.15, 0.2) is 12.7 Å². The number of hydrogen-bond donors (Lipinski definition) is 1. The van der Waals surface area contributed by atoms with Gasteiger partial charge in [-0.15, -0.1) is 0 Å². The topological polar surface area (TPSA) is 29.1 Å². The van der Waals surface area contributed by atoms with Crippen LogP contribution in [0.4, 0.5) is 0 Å². The smallest absolute Gasteiger partial charge is 0.243 e. The Hall–Kier alpha value is -0.790. The second-order valence-corrected chi connectivity index (χ2v) is 0.693. The summed E-state index contributed by atoms with van der Waals surface area (Å²) in [5.41, 5.74) is 0. The van der Waals surface area contributed by atoms with Crippen LogP contribution in [0.1, 0.15) is 4.11 Å². The highest BCUT2D eigenvalue weighted by Gasteiger charge is 1.78. The van der Waals surface area contributed by atoms with Gasteiger partial charge in [0, 0.05) is 11.1 Å². The number of carbonyl (C=O) groups excluding carboxylic acids is 1. The molecule has 0 bridgehead atoms. The lowest BCUT2D eigenvalue weighted by molar-refractivity contribution is -0.116. The van der Waals surface area contributed by atoms with E-state index in [0.717, 1.165) is 6.08 Å². The third kappa shape index (κ3) is 1.52. The van der Waals surface area contributed by atoms with Gasteiger partial charge in [0.15, 0.2) is 0 Å². The van der Waals surface area contributed by atoms with E-state index in [0.29, 0.717) is 0 Å². The normalized spacial score (nSPS) is 16.3. The van der Waals surface area contributed by atoms with Crippen molar-refractivity contribution in [3.8, 4) is 0 Å². The van der Waals surface area contributed by atoms with E-state index in [1.165, 1.54) is 0 Å². The second kappa shape index (κ2) is 2.45. The molecule has 2 nitrogen and oxygen atoms in total. The van der Waals surface area contributed by atoms with Crippen molar-refractivity contribution in [2.45, 2.75) is 0 Å². The molecule has 1 N–H and O–H groups in total. The zero-order valence-corrected chi connectivity index (χ0v) is 3.19. The molecule has 0 saturated carbocycles. The summed E-state index contributed by atoms with van der Waals surface area (Å²) in [5, 5.41) is 1.71. The van der Waals surface area contributed by atoms with Crippen molar-refractivity contribution in [2.75, 3.05) is 6.98 Å². The molecule has 0 aliphatic heterocycles. The van der Waals surface area contributed by atoms with Crippen molar-refractivity contribution in [1.29, 1.82) is 0 Å². The molecule has 0 unspecified atom stereocenters. The first kappa shape index (κ1) is 1.78. The minimum atomic E-state index is -2.40. The summed E-state index contributed by atoms with van der Waals surface area (Å²) in [7, 11) is 0. The molecule has 34 valence electrons. The van der Waals surface area contributed by atoms with Gasteiger partial charge in [0.2, 0.25) is 5.91 Å². The van der Waals surface area contributed by atoms with Crippen LogP contribution >= 0.6 is 0 Å². The summed E-state index contributed by atoms with van der Waals surface area (Å²) < 4.78 is 19.6. The zero-order chi connectivity index (χ0) is 7.49. The van der Waals surface area contributed by atoms with Crippen molar-refractivity contribution in [3.05, 3.63) is 12.7 Å². The van der Waals surface area contributed by atoms with Gasteiger partial charge in [-0.2, -0.15) is 0 Å². The Bertz CT molecular complexity index is 128. The highest BCUT2D eigenvalue weighted by atomic mass is 16.1. The van der Waals surface area contributed by atoms with Crippen LogP contribution in [0.3, 0.4) is 0 Å². The van der Waals surface area contributed by atoms with E-state index in [-0.39, 0.29) is 0 Å². The SMILES string of the molecule is [2H]C([2H])([2H])NC(=O)C=C. The number of rotatable bonds is 1. The third-order valence-electron chi connectivity index (χ3n) is 0.309. The average molecular weight is 88.1 g/mol. The minimum Gasteiger partial charge on any atom is -0.356 e. The van der Waals surface area contributed by atoms with Gasteiger partial charge >= 0.3 is 0 Å². The maximum Gasteiger partial charge on any atom is 0.243 e. The lowest BCUT2D eigenvalue weighted by atomic mass is 10.6. The predicted octanol–water partition coefficient (Wildman–Crippen LogP) is -0.0816. The lowest BCUT2D eigenvalue weighted by Gasteiger charge is -1.82. The largest absolute Gasteiger partial charge is 0.356 e. The molecule has 0 aromatic rings. The van der Waals surface area contributed by atoms with Crippen LogP contribution in [0.5, 0.6) is 0 Å². The van der Waals surface area contributed by atoms with Crippen LogP contribution in [0.25, 0.3) is 0 Å². The Morgan fingerprint density at radius 1 is 2.33 bits per heavy atom. The van der Waals surface area contributed by atoms with Crippen molar-refractivity contribution in [1.82, 2.24) is 5.32 Å². The van der Waals surface area contributed by atoms with Gasteiger partial charge in [-0.1, -0.05) is 6.58 Å². The van der Waals surface area contributed by atoms with E-state index in [1.807, 2.05) is 0 Å². The molecule has 0 radical (unpaired) electrons. The summed E-state index contributed by atoms with van der Waals surface area (Å²) in [6.45, 7) is 0.685. The van der Waals surface area contributed by atoms with Gasteiger partial charge in [0.25, 0.3) is 0 Å². The molecule has 6 heavy (non-hydrogen) atoms. The molecule has 0 aliphatic carbocycles. The monoisotopic (exact) mass is 88.1 g/mol. The Kier molecular flexibility index (Phi) is 0.725. The van der Waals surface area contributed by atoms with Gasteiger partial charge in [0.1, 0.15) is 0 Å². The van der Waals surface area contributed by atoms with Gasteiger partial charge in [0.05, 0.1) is 0 Å². The molecule has 0 atom stereocenters. The third-order valence-corrected chi connectivity index (χ3v) is 0.309. The maximum absolute atomic E-state index is 10.2. The Labute approximate surface area is 41.1 Å².